The van der Waals surface area contributed by atoms with E-state index in [0.717, 1.165) is 17.7 Å². The molecule has 2 amide bonds. The second-order valence-electron chi connectivity index (χ2n) is 7.78. The zero-order valence-corrected chi connectivity index (χ0v) is 17.4. The van der Waals surface area contributed by atoms with Crippen LogP contribution in [-0.2, 0) is 4.79 Å². The summed E-state index contributed by atoms with van der Waals surface area (Å²) in [7, 11) is 1.31. The van der Waals surface area contributed by atoms with E-state index in [0.29, 0.717) is 18.4 Å². The van der Waals surface area contributed by atoms with E-state index in [1.165, 1.54) is 25.3 Å². The van der Waals surface area contributed by atoms with Crippen LogP contribution in [0.1, 0.15) is 41.6 Å². The van der Waals surface area contributed by atoms with Gasteiger partial charge in [0.05, 0.1) is 12.7 Å². The Kier molecular flexibility index (Phi) is 5.66. The van der Waals surface area contributed by atoms with Crippen LogP contribution < -0.4 is 10.1 Å². The Balaban J connectivity index is 1.82. The van der Waals surface area contributed by atoms with Gasteiger partial charge in [0.15, 0.2) is 0 Å². The summed E-state index contributed by atoms with van der Waals surface area (Å²) in [5.41, 5.74) is -3.16. The zero-order chi connectivity index (χ0) is 22.9. The third kappa shape index (κ3) is 3.61. The summed E-state index contributed by atoms with van der Waals surface area (Å²) in [6.45, 7) is 0. The third-order valence-electron chi connectivity index (χ3n) is 5.81. The third-order valence-corrected chi connectivity index (χ3v) is 5.81. The van der Waals surface area contributed by atoms with E-state index in [-0.39, 0.29) is 17.1 Å². The number of rotatable bonds is 5. The number of halogens is 3. The number of amidine groups is 1. The van der Waals surface area contributed by atoms with Crippen LogP contribution in [-0.4, -0.2) is 47.5 Å². The van der Waals surface area contributed by atoms with Crippen molar-refractivity contribution in [1.82, 2.24) is 10.2 Å². The largest absolute Gasteiger partial charge is 0.496 e. The van der Waals surface area contributed by atoms with Crippen molar-refractivity contribution < 1.29 is 27.5 Å². The number of aliphatic imine (C=N–C) groups is 1. The van der Waals surface area contributed by atoms with Crippen molar-refractivity contribution in [3.05, 3.63) is 65.7 Å². The number of benzene rings is 2. The average Bonchev–Trinajstić information content (AvgIpc) is 3.41. The van der Waals surface area contributed by atoms with Gasteiger partial charge in [0.1, 0.15) is 11.6 Å². The molecule has 1 N–H and O–H groups in total. The highest BCUT2D eigenvalue weighted by atomic mass is 19.4. The summed E-state index contributed by atoms with van der Waals surface area (Å²) < 4.78 is 48.5. The Bertz CT molecular complexity index is 1050. The lowest BCUT2D eigenvalue weighted by Gasteiger charge is -2.31. The van der Waals surface area contributed by atoms with Crippen molar-refractivity contribution in [2.45, 2.75) is 43.6 Å². The molecule has 9 heteroatoms. The Morgan fingerprint density at radius 1 is 1.09 bits per heavy atom. The van der Waals surface area contributed by atoms with Gasteiger partial charge in [-0.1, -0.05) is 55.3 Å². The average molecular weight is 445 g/mol. The maximum absolute atomic E-state index is 14.5. The smallest absolute Gasteiger partial charge is 0.442 e. The van der Waals surface area contributed by atoms with E-state index in [1.54, 1.807) is 36.4 Å². The molecule has 2 aromatic rings. The van der Waals surface area contributed by atoms with Crippen LogP contribution in [0.25, 0.3) is 0 Å². The van der Waals surface area contributed by atoms with Gasteiger partial charge in [-0.15, -0.1) is 0 Å². The molecule has 1 fully saturated rings. The van der Waals surface area contributed by atoms with Gasteiger partial charge < -0.3 is 10.1 Å². The van der Waals surface area contributed by atoms with Crippen molar-refractivity contribution in [3.8, 4) is 5.75 Å². The van der Waals surface area contributed by atoms with Gasteiger partial charge in [-0.25, -0.2) is 4.99 Å². The number of alkyl halides is 3. The molecule has 32 heavy (non-hydrogen) atoms. The van der Waals surface area contributed by atoms with E-state index in [9.17, 15) is 22.8 Å². The van der Waals surface area contributed by atoms with Crippen LogP contribution in [0.2, 0.25) is 0 Å². The summed E-state index contributed by atoms with van der Waals surface area (Å²) in [5, 5.41) is 1.90. The van der Waals surface area contributed by atoms with E-state index in [1.807, 2.05) is 5.32 Å². The maximum atomic E-state index is 14.5. The molecule has 0 spiro atoms. The van der Waals surface area contributed by atoms with Gasteiger partial charge in [-0.3, -0.25) is 14.5 Å². The molecule has 1 unspecified atom stereocenters. The molecule has 0 bridgehead atoms. The Hall–Kier alpha value is -3.36. The summed E-state index contributed by atoms with van der Waals surface area (Å²) in [6.07, 6.45) is -2.39. The van der Waals surface area contributed by atoms with Crippen molar-refractivity contribution in [2.75, 3.05) is 7.11 Å². The van der Waals surface area contributed by atoms with Gasteiger partial charge >= 0.3 is 11.8 Å². The molecule has 168 valence electrons. The van der Waals surface area contributed by atoms with Crippen LogP contribution in [0, 0.1) is 0 Å². The molecule has 0 saturated heterocycles. The minimum atomic E-state index is -5.16. The van der Waals surface area contributed by atoms with Crippen molar-refractivity contribution in [2.24, 2.45) is 4.99 Å². The lowest BCUT2D eigenvalue weighted by molar-refractivity contribution is -0.196. The minimum Gasteiger partial charge on any atom is -0.496 e. The number of ether oxygens (including phenoxy) is 1. The first-order valence-electron chi connectivity index (χ1n) is 10.3. The van der Waals surface area contributed by atoms with E-state index >= 15 is 0 Å². The number of carbonyl (C=O) groups is 2. The molecule has 1 aliphatic carbocycles. The molecule has 2 aromatic carbocycles. The number of methoxy groups -OCH3 is 1. The first-order valence-corrected chi connectivity index (χ1v) is 10.3. The fourth-order valence-corrected chi connectivity index (χ4v) is 4.22. The van der Waals surface area contributed by atoms with Gasteiger partial charge in [0.25, 0.3) is 11.8 Å². The standard InChI is InChI=1S/C23H22F3N3O3/c1-32-18-14-8-7-13-17(18)20(30)28-22(23(24,25)26)21(31)29(16-11-5-6-12-16)19(27-22)15-9-3-2-4-10-15/h2-4,7-10,13-14,16H,5-6,11-12H2,1H3,(H,28,30). The molecular formula is C23H22F3N3O3. The predicted octanol–water partition coefficient (Wildman–Crippen LogP) is 3.92. The monoisotopic (exact) mass is 445 g/mol. The molecule has 1 heterocycles. The second-order valence-corrected chi connectivity index (χ2v) is 7.78. The summed E-state index contributed by atoms with van der Waals surface area (Å²) in [5.74, 6) is -2.38. The molecular weight excluding hydrogens is 423 g/mol. The van der Waals surface area contributed by atoms with E-state index in [2.05, 4.69) is 4.99 Å². The topological polar surface area (TPSA) is 71.0 Å². The highest BCUT2D eigenvalue weighted by Crippen LogP contribution is 2.41. The first-order chi connectivity index (χ1) is 15.3. The number of hydrogen-bond donors (Lipinski definition) is 1. The number of nitrogens with zero attached hydrogens (tertiary/aromatic N) is 2. The van der Waals surface area contributed by atoms with Crippen LogP contribution in [0.3, 0.4) is 0 Å². The second kappa shape index (κ2) is 8.29. The maximum Gasteiger partial charge on any atom is 0.442 e. The predicted molar refractivity (Wildman–Crippen MR) is 111 cm³/mol. The lowest BCUT2D eigenvalue weighted by atomic mass is 10.1. The van der Waals surface area contributed by atoms with Crippen LogP contribution in [0.4, 0.5) is 13.2 Å². The Morgan fingerprint density at radius 3 is 2.34 bits per heavy atom. The fraction of sp³-hybridized carbons (Fsp3) is 0.348. The van der Waals surface area contributed by atoms with Crippen LogP contribution >= 0.6 is 0 Å². The number of para-hydroxylation sites is 1. The molecule has 1 atom stereocenters. The molecule has 2 aliphatic rings. The number of nitrogens with one attached hydrogen (secondary N) is 1. The minimum absolute atomic E-state index is 0.0832. The quantitative estimate of drug-likeness (QED) is 0.759. The van der Waals surface area contributed by atoms with Crippen molar-refractivity contribution in [1.29, 1.82) is 0 Å². The molecule has 1 aliphatic heterocycles. The van der Waals surface area contributed by atoms with Gasteiger partial charge in [0.2, 0.25) is 0 Å². The lowest BCUT2D eigenvalue weighted by Crippen LogP contribution is -2.64. The molecule has 0 aromatic heterocycles. The van der Waals surface area contributed by atoms with Gasteiger partial charge in [0, 0.05) is 11.6 Å². The van der Waals surface area contributed by atoms with Gasteiger partial charge in [-0.2, -0.15) is 13.2 Å². The van der Waals surface area contributed by atoms with Crippen LogP contribution in [0.15, 0.2) is 59.6 Å². The summed E-state index contributed by atoms with van der Waals surface area (Å²) in [6, 6.07) is 13.7. The Morgan fingerprint density at radius 2 is 1.72 bits per heavy atom. The summed E-state index contributed by atoms with van der Waals surface area (Å²) >= 11 is 0. The summed E-state index contributed by atoms with van der Waals surface area (Å²) in [4.78, 5) is 31.3. The van der Waals surface area contributed by atoms with E-state index in [4.69, 9.17) is 4.74 Å². The first kappa shape index (κ1) is 21.9. The van der Waals surface area contributed by atoms with E-state index < -0.39 is 29.7 Å². The number of hydrogen-bond acceptors (Lipinski definition) is 4. The molecule has 1 saturated carbocycles. The zero-order valence-electron chi connectivity index (χ0n) is 17.4. The van der Waals surface area contributed by atoms with Crippen LogP contribution in [0.5, 0.6) is 5.75 Å². The molecule has 0 radical (unpaired) electrons. The molecule has 6 nitrogen and oxygen atoms in total. The highest BCUT2D eigenvalue weighted by Gasteiger charge is 2.68. The molecule has 4 rings (SSSR count). The normalized spacial score (nSPS) is 21.6. The van der Waals surface area contributed by atoms with Crippen molar-refractivity contribution >= 4 is 17.6 Å². The van der Waals surface area contributed by atoms with Crippen molar-refractivity contribution in [3.63, 3.8) is 0 Å². The highest BCUT2D eigenvalue weighted by molar-refractivity contribution is 6.17. The Labute approximate surface area is 183 Å². The number of carbonyl (C=O) groups excluding carboxylic acids is 2. The SMILES string of the molecule is COc1ccccc1C(=O)NC1(C(F)(F)F)N=C(c2ccccc2)N(C2CCCC2)C1=O. The van der Waals surface area contributed by atoms with Gasteiger partial charge in [-0.05, 0) is 25.0 Å². The fourth-order valence-electron chi connectivity index (χ4n) is 4.22. The number of amides is 2.